The molecule has 2 aliphatic rings. The van der Waals surface area contributed by atoms with E-state index in [1.165, 1.54) is 29.3 Å². The van der Waals surface area contributed by atoms with Gasteiger partial charge in [-0.1, -0.05) is 72.4 Å². The number of para-hydroxylation sites is 1. The Labute approximate surface area is 219 Å². The summed E-state index contributed by atoms with van der Waals surface area (Å²) in [7, 11) is 0. The third-order valence-electron chi connectivity index (χ3n) is 6.96. The number of rotatable bonds is 6. The molecule has 1 fully saturated rings. The summed E-state index contributed by atoms with van der Waals surface area (Å²) in [6, 6.07) is 24.1. The third kappa shape index (κ3) is 4.87. The molecule has 1 saturated heterocycles. The minimum absolute atomic E-state index is 0.0166. The van der Waals surface area contributed by atoms with E-state index in [0.29, 0.717) is 10.7 Å². The molecule has 2 heterocycles. The minimum atomic E-state index is -0.509. The zero-order valence-corrected chi connectivity index (χ0v) is 21.1. The number of aromatic amines is 1. The summed E-state index contributed by atoms with van der Waals surface area (Å²) in [6.07, 6.45) is 6.32. The molecule has 6 rings (SSSR count). The van der Waals surface area contributed by atoms with Gasteiger partial charge in [-0.15, -0.1) is 5.10 Å². The van der Waals surface area contributed by atoms with Crippen LogP contribution in [0.1, 0.15) is 46.3 Å². The third-order valence-corrected chi connectivity index (χ3v) is 8.03. The number of nitrogens with zero attached hydrogens (tertiary/aromatic N) is 2. The number of carbonyl (C=O) groups is 2. The Kier molecular flexibility index (Phi) is 6.45. The topological polar surface area (TPSA) is 86.7 Å². The number of ketones is 1. The van der Waals surface area contributed by atoms with E-state index in [1.807, 2.05) is 66.7 Å². The zero-order valence-electron chi connectivity index (χ0n) is 20.2. The fourth-order valence-corrected chi connectivity index (χ4v) is 5.97. The molecule has 0 radical (unpaired) electrons. The van der Waals surface area contributed by atoms with Crippen molar-refractivity contribution in [1.82, 2.24) is 10.3 Å². The second-order valence-corrected chi connectivity index (χ2v) is 10.6. The van der Waals surface area contributed by atoms with E-state index < -0.39 is 5.25 Å². The maximum absolute atomic E-state index is 12.9. The summed E-state index contributed by atoms with van der Waals surface area (Å²) in [5.41, 5.74) is 7.25. The van der Waals surface area contributed by atoms with Crippen molar-refractivity contribution >= 4 is 45.7 Å². The van der Waals surface area contributed by atoms with Crippen LogP contribution in [0.2, 0.25) is 0 Å². The maximum atomic E-state index is 12.9. The molecule has 0 bridgehead atoms. The van der Waals surface area contributed by atoms with Crippen LogP contribution >= 0.6 is 11.8 Å². The average molecular weight is 507 g/mol. The molecule has 2 N–H and O–H groups in total. The van der Waals surface area contributed by atoms with E-state index >= 15 is 0 Å². The van der Waals surface area contributed by atoms with Crippen molar-refractivity contribution in [1.29, 1.82) is 0 Å². The average Bonchev–Trinajstić information content (AvgIpc) is 3.48. The molecule has 4 aromatic rings. The SMILES string of the molecule is O=C(C[C@@H]1S/C(=N\N=C/c2c(-c3ccccc3)[nH]c3ccccc23)NC1=O)c1ccc2c(c1)CCCC2. The van der Waals surface area contributed by atoms with Crippen LogP contribution in [0.25, 0.3) is 22.2 Å². The number of benzene rings is 3. The number of thioether (sulfide) groups is 1. The van der Waals surface area contributed by atoms with Crippen LogP contribution in [0.15, 0.2) is 83.0 Å². The van der Waals surface area contributed by atoms with Gasteiger partial charge in [0, 0.05) is 28.5 Å². The number of fused-ring (bicyclic) bond motifs is 2. The van der Waals surface area contributed by atoms with Crippen molar-refractivity contribution in [3.05, 3.63) is 95.1 Å². The molecular weight excluding hydrogens is 480 g/mol. The van der Waals surface area contributed by atoms with Gasteiger partial charge in [-0.05, 0) is 54.5 Å². The van der Waals surface area contributed by atoms with E-state index in [1.54, 1.807) is 6.21 Å². The second-order valence-electron chi connectivity index (χ2n) is 9.39. The fraction of sp³-hybridized carbons (Fsp3) is 0.200. The Bertz CT molecular complexity index is 1550. The number of hydrogen-bond donors (Lipinski definition) is 2. The molecule has 1 atom stereocenters. The molecule has 1 aromatic heterocycles. The van der Waals surface area contributed by atoms with Gasteiger partial charge in [-0.25, -0.2) is 0 Å². The molecular formula is C30H26N4O2S. The lowest BCUT2D eigenvalue weighted by molar-refractivity contribution is -0.118. The van der Waals surface area contributed by atoms with Gasteiger partial charge in [-0.2, -0.15) is 5.10 Å². The standard InChI is InChI=1S/C30H26N4O2S/c35-26(22-15-14-19-8-4-5-11-21(19)16-22)17-27-29(36)33-30(37-27)34-31-18-24-23-12-6-7-13-25(23)32-28(24)20-9-2-1-3-10-20/h1-3,6-7,9-10,12-16,18,27,32H,4-5,8,11,17H2,(H,33,34,36)/b31-18-/t27-/m0/s1. The Balaban J connectivity index is 1.18. The molecule has 0 unspecified atom stereocenters. The van der Waals surface area contributed by atoms with Crippen LogP contribution in [0.3, 0.4) is 0 Å². The maximum Gasteiger partial charge on any atom is 0.240 e. The van der Waals surface area contributed by atoms with E-state index in [-0.39, 0.29) is 18.1 Å². The second kappa shape index (κ2) is 10.2. The molecule has 184 valence electrons. The van der Waals surface area contributed by atoms with Crippen LogP contribution in [0.5, 0.6) is 0 Å². The first-order chi connectivity index (χ1) is 18.2. The van der Waals surface area contributed by atoms with Gasteiger partial charge >= 0.3 is 0 Å². The van der Waals surface area contributed by atoms with Crippen molar-refractivity contribution < 1.29 is 9.59 Å². The van der Waals surface area contributed by atoms with Crippen molar-refractivity contribution in [2.24, 2.45) is 10.2 Å². The van der Waals surface area contributed by atoms with E-state index in [2.05, 4.69) is 26.6 Å². The summed E-state index contributed by atoms with van der Waals surface area (Å²) >= 11 is 1.26. The summed E-state index contributed by atoms with van der Waals surface area (Å²) in [6.45, 7) is 0. The Morgan fingerprint density at radius 2 is 1.76 bits per heavy atom. The predicted octanol–water partition coefficient (Wildman–Crippen LogP) is 5.91. The van der Waals surface area contributed by atoms with Crippen molar-refractivity contribution in [2.45, 2.75) is 37.4 Å². The van der Waals surface area contributed by atoms with Crippen LogP contribution in [0, 0.1) is 0 Å². The number of Topliss-reactive ketones (excluding diaryl/α,β-unsaturated/α-hetero) is 1. The molecule has 3 aromatic carbocycles. The largest absolute Gasteiger partial charge is 0.354 e. The summed E-state index contributed by atoms with van der Waals surface area (Å²) in [5, 5.41) is 12.3. The van der Waals surface area contributed by atoms with Gasteiger partial charge in [0.2, 0.25) is 5.91 Å². The van der Waals surface area contributed by atoms with Crippen LogP contribution in [0.4, 0.5) is 0 Å². The zero-order chi connectivity index (χ0) is 25.2. The molecule has 1 aliphatic heterocycles. The van der Waals surface area contributed by atoms with Crippen LogP contribution < -0.4 is 5.32 Å². The lowest BCUT2D eigenvalue weighted by Crippen LogP contribution is -2.26. The number of aromatic nitrogens is 1. The lowest BCUT2D eigenvalue weighted by atomic mass is 9.89. The molecule has 0 spiro atoms. The van der Waals surface area contributed by atoms with Crippen molar-refractivity contribution in [3.63, 3.8) is 0 Å². The Morgan fingerprint density at radius 3 is 2.62 bits per heavy atom. The van der Waals surface area contributed by atoms with Crippen LogP contribution in [-0.4, -0.2) is 33.3 Å². The summed E-state index contributed by atoms with van der Waals surface area (Å²) in [4.78, 5) is 29.0. The quantitative estimate of drug-likeness (QED) is 0.194. The smallest absolute Gasteiger partial charge is 0.240 e. The highest BCUT2D eigenvalue weighted by atomic mass is 32.2. The van der Waals surface area contributed by atoms with Crippen LogP contribution in [-0.2, 0) is 17.6 Å². The fourth-order valence-electron chi connectivity index (χ4n) is 5.05. The Hall–Kier alpha value is -3.97. The predicted molar refractivity (Wildman–Crippen MR) is 150 cm³/mol. The van der Waals surface area contributed by atoms with Gasteiger partial charge in [0.15, 0.2) is 11.0 Å². The molecule has 6 nitrogen and oxygen atoms in total. The highest BCUT2D eigenvalue weighted by Gasteiger charge is 2.32. The molecule has 1 aliphatic carbocycles. The number of carbonyl (C=O) groups excluding carboxylic acids is 2. The number of H-pyrrole nitrogens is 1. The van der Waals surface area contributed by atoms with E-state index in [9.17, 15) is 9.59 Å². The molecule has 7 heteroatoms. The number of amides is 1. The van der Waals surface area contributed by atoms with Crippen molar-refractivity contribution in [2.75, 3.05) is 0 Å². The normalized spacial score (nSPS) is 18.4. The number of nitrogens with one attached hydrogen (secondary N) is 2. The monoisotopic (exact) mass is 506 g/mol. The first-order valence-corrected chi connectivity index (χ1v) is 13.4. The first-order valence-electron chi connectivity index (χ1n) is 12.6. The minimum Gasteiger partial charge on any atom is -0.354 e. The summed E-state index contributed by atoms with van der Waals surface area (Å²) in [5.74, 6) is -0.223. The van der Waals surface area contributed by atoms with Crippen molar-refractivity contribution in [3.8, 4) is 11.3 Å². The summed E-state index contributed by atoms with van der Waals surface area (Å²) < 4.78 is 0. The molecule has 1 amide bonds. The first kappa shape index (κ1) is 23.4. The van der Waals surface area contributed by atoms with Gasteiger partial charge < -0.3 is 10.3 Å². The van der Waals surface area contributed by atoms with E-state index in [4.69, 9.17) is 0 Å². The molecule has 37 heavy (non-hydrogen) atoms. The van der Waals surface area contributed by atoms with Gasteiger partial charge in [0.1, 0.15) is 0 Å². The van der Waals surface area contributed by atoms with Gasteiger partial charge in [0.25, 0.3) is 0 Å². The van der Waals surface area contributed by atoms with Gasteiger partial charge in [0.05, 0.1) is 17.2 Å². The number of amidine groups is 1. The highest BCUT2D eigenvalue weighted by molar-refractivity contribution is 8.15. The molecule has 0 saturated carbocycles. The Morgan fingerprint density at radius 1 is 0.973 bits per heavy atom. The van der Waals surface area contributed by atoms with E-state index in [0.717, 1.165) is 47.0 Å². The number of hydrogen-bond acceptors (Lipinski definition) is 5. The highest BCUT2D eigenvalue weighted by Crippen LogP contribution is 2.30. The lowest BCUT2D eigenvalue weighted by Gasteiger charge is -2.16. The number of aryl methyl sites for hydroxylation is 2. The van der Waals surface area contributed by atoms with Gasteiger partial charge in [-0.3, -0.25) is 9.59 Å².